The first-order valence-electron chi connectivity index (χ1n) is 8.05. The lowest BCUT2D eigenvalue weighted by atomic mass is 10.1. The van der Waals surface area contributed by atoms with Gasteiger partial charge in [0.2, 0.25) is 0 Å². The highest BCUT2D eigenvalue weighted by atomic mass is 13.9. The van der Waals surface area contributed by atoms with Crippen LogP contribution in [-0.4, -0.2) is 0 Å². The minimum atomic E-state index is 1.27. The first-order chi connectivity index (χ1) is 8.83. The maximum Gasteiger partial charge on any atom is -0.0351 e. The minimum Gasteiger partial charge on any atom is -0.0917 e. The fourth-order valence-corrected chi connectivity index (χ4v) is 1.71. The molecule has 0 amide bonds. The highest BCUT2D eigenvalue weighted by Crippen LogP contribution is 2.02. The zero-order valence-corrected chi connectivity index (χ0v) is 13.4. The molecule has 0 aliphatic carbocycles. The lowest BCUT2D eigenvalue weighted by Gasteiger charge is -1.92. The normalized spacial score (nSPS) is 10.9. The van der Waals surface area contributed by atoms with Crippen molar-refractivity contribution < 1.29 is 0 Å². The van der Waals surface area contributed by atoms with E-state index in [4.69, 9.17) is 0 Å². The standard InChI is InChI=1S/2C9H18/c2*1-3-5-7-9-8-6-4-2/h2*3,5H,4,6-9H2,1-2H3/b5-3+;5-3-. The zero-order chi connectivity index (χ0) is 13.9. The number of allylic oxidation sites excluding steroid dienone is 4. The SMILES string of the molecule is C/C=C/CCCCCC.C/C=C\CCCCCC. The van der Waals surface area contributed by atoms with Crippen LogP contribution in [-0.2, 0) is 0 Å². The predicted molar refractivity (Wildman–Crippen MR) is 87.1 cm³/mol. The maximum absolute atomic E-state index is 2.25. The van der Waals surface area contributed by atoms with Crippen molar-refractivity contribution in [1.82, 2.24) is 0 Å². The van der Waals surface area contributed by atoms with Crippen molar-refractivity contribution in [2.75, 3.05) is 0 Å². The Kier molecular flexibility index (Phi) is 23.9. The summed E-state index contributed by atoms with van der Waals surface area (Å²) in [5.74, 6) is 0. The van der Waals surface area contributed by atoms with Crippen LogP contribution in [0.4, 0.5) is 0 Å². The lowest BCUT2D eigenvalue weighted by Crippen LogP contribution is -1.72. The molecule has 0 radical (unpaired) electrons. The summed E-state index contributed by atoms with van der Waals surface area (Å²) in [5, 5.41) is 0. The maximum atomic E-state index is 2.25. The van der Waals surface area contributed by atoms with Crippen molar-refractivity contribution in [3.05, 3.63) is 24.3 Å². The molecule has 0 fully saturated rings. The van der Waals surface area contributed by atoms with Crippen molar-refractivity contribution in [3.63, 3.8) is 0 Å². The molecule has 108 valence electrons. The van der Waals surface area contributed by atoms with Crippen LogP contribution in [0.15, 0.2) is 24.3 Å². The highest BCUT2D eigenvalue weighted by molar-refractivity contribution is 4.76. The van der Waals surface area contributed by atoms with E-state index in [0.717, 1.165) is 0 Å². The first kappa shape index (κ1) is 19.8. The molecule has 0 aliphatic rings. The summed E-state index contributed by atoms with van der Waals surface area (Å²) >= 11 is 0. The monoisotopic (exact) mass is 252 g/mol. The van der Waals surface area contributed by atoms with Crippen LogP contribution in [0, 0.1) is 0 Å². The van der Waals surface area contributed by atoms with Gasteiger partial charge in [0.05, 0.1) is 0 Å². The van der Waals surface area contributed by atoms with E-state index in [9.17, 15) is 0 Å². The molecule has 18 heavy (non-hydrogen) atoms. The topological polar surface area (TPSA) is 0 Å². The summed E-state index contributed by atoms with van der Waals surface area (Å²) in [6.07, 6.45) is 22.3. The van der Waals surface area contributed by atoms with Gasteiger partial charge in [0.25, 0.3) is 0 Å². The molecular weight excluding hydrogens is 216 g/mol. The summed E-state index contributed by atoms with van der Waals surface area (Å²) in [6, 6.07) is 0. The third-order valence-electron chi connectivity index (χ3n) is 2.92. The molecule has 0 unspecified atom stereocenters. The van der Waals surface area contributed by atoms with Gasteiger partial charge in [0.15, 0.2) is 0 Å². The fraction of sp³-hybridized carbons (Fsp3) is 0.778. The Bertz CT molecular complexity index is 145. The molecule has 0 aliphatic heterocycles. The molecule has 0 heteroatoms. The van der Waals surface area contributed by atoms with Crippen molar-refractivity contribution in [3.8, 4) is 0 Å². The molecule has 0 aromatic rings. The van der Waals surface area contributed by atoms with E-state index in [0.29, 0.717) is 0 Å². The van der Waals surface area contributed by atoms with E-state index in [1.165, 1.54) is 64.2 Å². The van der Waals surface area contributed by atoms with Crippen LogP contribution >= 0.6 is 0 Å². The van der Waals surface area contributed by atoms with E-state index < -0.39 is 0 Å². The van der Waals surface area contributed by atoms with Crippen LogP contribution < -0.4 is 0 Å². The number of hydrogen-bond acceptors (Lipinski definition) is 0. The number of rotatable bonds is 10. The van der Waals surface area contributed by atoms with Crippen molar-refractivity contribution in [2.45, 2.75) is 91.9 Å². The Labute approximate surface area is 117 Å². The average molecular weight is 252 g/mol. The van der Waals surface area contributed by atoms with Gasteiger partial charge in [-0.05, 0) is 39.5 Å². The second-order valence-corrected chi connectivity index (χ2v) is 4.84. The van der Waals surface area contributed by atoms with Gasteiger partial charge in [-0.25, -0.2) is 0 Å². The van der Waals surface area contributed by atoms with Crippen molar-refractivity contribution in [1.29, 1.82) is 0 Å². The molecule has 0 heterocycles. The Morgan fingerprint density at radius 2 is 0.944 bits per heavy atom. The van der Waals surface area contributed by atoms with E-state index in [2.05, 4.69) is 52.0 Å². The summed E-state index contributed by atoms with van der Waals surface area (Å²) in [4.78, 5) is 0. The Balaban J connectivity index is 0. The predicted octanol–water partition coefficient (Wildman–Crippen LogP) is 7.07. The summed E-state index contributed by atoms with van der Waals surface area (Å²) < 4.78 is 0. The van der Waals surface area contributed by atoms with E-state index in [1.807, 2.05) is 0 Å². The molecule has 0 bridgehead atoms. The highest BCUT2D eigenvalue weighted by Gasteiger charge is 1.83. The lowest BCUT2D eigenvalue weighted by molar-refractivity contribution is 0.674. The summed E-state index contributed by atoms with van der Waals surface area (Å²) in [7, 11) is 0. The zero-order valence-electron chi connectivity index (χ0n) is 13.4. The van der Waals surface area contributed by atoms with Gasteiger partial charge in [-0.1, -0.05) is 76.7 Å². The minimum absolute atomic E-state index is 1.27. The van der Waals surface area contributed by atoms with Gasteiger partial charge in [0, 0.05) is 0 Å². The second-order valence-electron chi connectivity index (χ2n) is 4.84. The first-order valence-corrected chi connectivity index (χ1v) is 8.05. The van der Waals surface area contributed by atoms with Crippen LogP contribution in [0.5, 0.6) is 0 Å². The van der Waals surface area contributed by atoms with E-state index in [1.54, 1.807) is 0 Å². The van der Waals surface area contributed by atoms with Gasteiger partial charge in [-0.2, -0.15) is 0 Å². The molecule has 0 rings (SSSR count). The quantitative estimate of drug-likeness (QED) is 0.288. The van der Waals surface area contributed by atoms with E-state index in [-0.39, 0.29) is 0 Å². The van der Waals surface area contributed by atoms with Gasteiger partial charge >= 0.3 is 0 Å². The van der Waals surface area contributed by atoms with Crippen LogP contribution in [0.2, 0.25) is 0 Å². The third kappa shape index (κ3) is 24.6. The van der Waals surface area contributed by atoms with Crippen molar-refractivity contribution in [2.24, 2.45) is 0 Å². The molecule has 0 spiro atoms. The smallest absolute Gasteiger partial charge is 0.0351 e. The Morgan fingerprint density at radius 3 is 1.22 bits per heavy atom. The van der Waals surface area contributed by atoms with E-state index >= 15 is 0 Å². The number of unbranched alkanes of at least 4 members (excludes halogenated alkanes) is 8. The average Bonchev–Trinajstić information content (AvgIpc) is 2.39. The summed E-state index contributed by atoms with van der Waals surface area (Å²) in [5.41, 5.74) is 0. The third-order valence-corrected chi connectivity index (χ3v) is 2.92. The summed E-state index contributed by atoms with van der Waals surface area (Å²) in [6.45, 7) is 8.66. The van der Waals surface area contributed by atoms with Crippen LogP contribution in [0.3, 0.4) is 0 Å². The van der Waals surface area contributed by atoms with Gasteiger partial charge in [-0.15, -0.1) is 0 Å². The molecule has 0 saturated heterocycles. The molecule has 0 aromatic carbocycles. The van der Waals surface area contributed by atoms with Gasteiger partial charge in [0.1, 0.15) is 0 Å². The molecule has 0 saturated carbocycles. The van der Waals surface area contributed by atoms with Crippen molar-refractivity contribution >= 4 is 0 Å². The largest absolute Gasteiger partial charge is 0.0917 e. The Hall–Kier alpha value is -0.520. The van der Waals surface area contributed by atoms with Crippen LogP contribution in [0.1, 0.15) is 91.9 Å². The van der Waals surface area contributed by atoms with Crippen LogP contribution in [0.25, 0.3) is 0 Å². The molecule has 0 N–H and O–H groups in total. The fourth-order valence-electron chi connectivity index (χ4n) is 1.71. The van der Waals surface area contributed by atoms with Gasteiger partial charge in [-0.3, -0.25) is 0 Å². The molecule has 0 atom stereocenters. The van der Waals surface area contributed by atoms with Gasteiger partial charge < -0.3 is 0 Å². The molecular formula is C18H36. The second kappa shape index (κ2) is 21.7. The molecule has 0 nitrogen and oxygen atoms in total. The molecule has 0 aromatic heterocycles. The Morgan fingerprint density at radius 1 is 0.556 bits per heavy atom. The number of hydrogen-bond donors (Lipinski definition) is 0.